The van der Waals surface area contributed by atoms with Gasteiger partial charge in [-0.1, -0.05) is 41.9 Å². The van der Waals surface area contributed by atoms with Crippen molar-refractivity contribution in [2.24, 2.45) is 0 Å². The van der Waals surface area contributed by atoms with E-state index < -0.39 is 0 Å². The second-order valence-electron chi connectivity index (χ2n) is 6.39. The topological polar surface area (TPSA) is 41.6 Å². The maximum Gasteiger partial charge on any atom is 0.321 e. The maximum atomic E-state index is 12.5. The highest BCUT2D eigenvalue weighted by atomic mass is 35.5. The minimum atomic E-state index is -0.105. The number of carbonyl (C=O) groups excluding carboxylic acids is 1. The highest BCUT2D eigenvalue weighted by molar-refractivity contribution is 6.30. The number of likely N-dealkylation sites (tertiary alicyclic amines) is 1. The first-order valence-electron chi connectivity index (χ1n) is 8.59. The molecule has 0 unspecified atom stereocenters. The van der Waals surface area contributed by atoms with E-state index in [0.29, 0.717) is 23.9 Å². The number of piperidine rings is 1. The summed E-state index contributed by atoms with van der Waals surface area (Å²) in [6, 6.07) is 15.3. The molecule has 5 heteroatoms. The number of benzene rings is 2. The summed E-state index contributed by atoms with van der Waals surface area (Å²) in [5, 5.41) is 3.51. The van der Waals surface area contributed by atoms with Gasteiger partial charge in [-0.2, -0.15) is 0 Å². The van der Waals surface area contributed by atoms with Crippen LogP contribution >= 0.6 is 11.6 Å². The van der Waals surface area contributed by atoms with Crippen LogP contribution in [0.25, 0.3) is 0 Å². The van der Waals surface area contributed by atoms with Crippen LogP contribution in [0.1, 0.15) is 24.0 Å². The van der Waals surface area contributed by atoms with E-state index in [1.54, 1.807) is 12.1 Å². The lowest BCUT2D eigenvalue weighted by molar-refractivity contribution is 0.000830. The Kier molecular flexibility index (Phi) is 5.95. The molecule has 0 saturated carbocycles. The molecular weight excluding hydrogens is 336 g/mol. The van der Waals surface area contributed by atoms with Crippen molar-refractivity contribution in [1.29, 1.82) is 0 Å². The lowest BCUT2D eigenvalue weighted by atomic mass is 10.1. The quantitative estimate of drug-likeness (QED) is 0.847. The summed E-state index contributed by atoms with van der Waals surface area (Å²) < 4.78 is 6.06. The number of nitrogens with zero attached hydrogens (tertiary/aromatic N) is 1. The minimum absolute atomic E-state index is 0.0680. The maximum absolute atomic E-state index is 12.5. The Morgan fingerprint density at radius 1 is 1.28 bits per heavy atom. The van der Waals surface area contributed by atoms with Crippen molar-refractivity contribution in [2.45, 2.75) is 32.5 Å². The largest absolute Gasteiger partial charge is 0.372 e. The Bertz CT molecular complexity index is 735. The molecule has 2 aromatic rings. The number of anilines is 1. The number of rotatable bonds is 4. The summed E-state index contributed by atoms with van der Waals surface area (Å²) >= 11 is 5.96. The van der Waals surface area contributed by atoms with Crippen LogP contribution in [0.15, 0.2) is 48.5 Å². The molecule has 2 aromatic carbocycles. The van der Waals surface area contributed by atoms with Crippen molar-refractivity contribution in [1.82, 2.24) is 4.90 Å². The van der Waals surface area contributed by atoms with Gasteiger partial charge in [0.25, 0.3) is 0 Å². The number of ether oxygens (including phenoxy) is 1. The molecule has 1 aliphatic heterocycles. The van der Waals surface area contributed by atoms with Gasteiger partial charge in [-0.15, -0.1) is 0 Å². The molecule has 0 aliphatic carbocycles. The first-order valence-corrected chi connectivity index (χ1v) is 8.97. The molecule has 1 heterocycles. The van der Waals surface area contributed by atoms with Crippen molar-refractivity contribution in [3.05, 3.63) is 64.7 Å². The molecule has 0 bridgehead atoms. The van der Waals surface area contributed by atoms with Crippen LogP contribution in [0.3, 0.4) is 0 Å². The van der Waals surface area contributed by atoms with Gasteiger partial charge in [0.1, 0.15) is 0 Å². The molecule has 2 amide bonds. The van der Waals surface area contributed by atoms with Crippen molar-refractivity contribution in [2.75, 3.05) is 18.4 Å². The molecule has 25 heavy (non-hydrogen) atoms. The van der Waals surface area contributed by atoms with Crippen molar-refractivity contribution in [3.63, 3.8) is 0 Å². The van der Waals surface area contributed by atoms with Crippen LogP contribution in [-0.4, -0.2) is 30.1 Å². The molecular formula is C20H23ClN2O2. The standard InChI is InChI=1S/C20H23ClN2O2/c1-15-6-2-3-7-16(15)14-25-19-10-5-11-23(13-19)20(24)22-18-9-4-8-17(21)12-18/h2-4,6-9,12,19H,5,10-11,13-14H2,1H3,(H,22,24)/t19-/m1/s1. The van der Waals surface area contributed by atoms with Crippen LogP contribution in [0, 0.1) is 6.92 Å². The fourth-order valence-electron chi connectivity index (χ4n) is 3.01. The van der Waals surface area contributed by atoms with Gasteiger partial charge in [0.2, 0.25) is 0 Å². The fraction of sp³-hybridized carbons (Fsp3) is 0.350. The van der Waals surface area contributed by atoms with Crippen LogP contribution in [0.5, 0.6) is 0 Å². The summed E-state index contributed by atoms with van der Waals surface area (Å²) in [4.78, 5) is 14.3. The van der Waals surface area contributed by atoms with Crippen molar-refractivity contribution < 1.29 is 9.53 Å². The van der Waals surface area contributed by atoms with Gasteiger partial charge in [0.15, 0.2) is 0 Å². The zero-order chi connectivity index (χ0) is 17.6. The van der Waals surface area contributed by atoms with Crippen molar-refractivity contribution in [3.8, 4) is 0 Å². The van der Waals surface area contributed by atoms with Crippen LogP contribution in [-0.2, 0) is 11.3 Å². The Morgan fingerprint density at radius 2 is 2.12 bits per heavy atom. The van der Waals surface area contributed by atoms with E-state index in [4.69, 9.17) is 16.3 Å². The Hall–Kier alpha value is -2.04. The molecule has 0 spiro atoms. The van der Waals surface area contributed by atoms with Crippen LogP contribution < -0.4 is 5.32 Å². The molecule has 1 aliphatic rings. The number of hydrogen-bond acceptors (Lipinski definition) is 2. The monoisotopic (exact) mass is 358 g/mol. The number of halogens is 1. The zero-order valence-corrected chi connectivity index (χ0v) is 15.1. The Morgan fingerprint density at radius 3 is 2.92 bits per heavy atom. The lowest BCUT2D eigenvalue weighted by Crippen LogP contribution is -2.45. The van der Waals surface area contributed by atoms with E-state index in [2.05, 4.69) is 24.4 Å². The molecule has 132 valence electrons. The van der Waals surface area contributed by atoms with E-state index in [1.807, 2.05) is 29.2 Å². The first-order chi connectivity index (χ1) is 12.1. The van der Waals surface area contributed by atoms with Gasteiger partial charge in [0.05, 0.1) is 12.7 Å². The van der Waals surface area contributed by atoms with Gasteiger partial charge < -0.3 is 15.0 Å². The SMILES string of the molecule is Cc1ccccc1CO[C@@H]1CCCN(C(=O)Nc2cccc(Cl)c2)C1. The molecule has 1 fully saturated rings. The van der Waals surface area contributed by atoms with Crippen LogP contribution in [0.2, 0.25) is 5.02 Å². The van der Waals surface area contributed by atoms with E-state index in [1.165, 1.54) is 11.1 Å². The summed E-state index contributed by atoms with van der Waals surface area (Å²) in [5.41, 5.74) is 3.14. The van der Waals surface area contributed by atoms with Gasteiger partial charge >= 0.3 is 6.03 Å². The number of hydrogen-bond donors (Lipinski definition) is 1. The number of aryl methyl sites for hydroxylation is 1. The zero-order valence-electron chi connectivity index (χ0n) is 14.4. The van der Waals surface area contributed by atoms with Gasteiger partial charge in [0, 0.05) is 23.8 Å². The molecule has 1 atom stereocenters. The van der Waals surface area contributed by atoms with E-state index in [9.17, 15) is 4.79 Å². The highest BCUT2D eigenvalue weighted by Gasteiger charge is 2.24. The normalized spacial score (nSPS) is 17.4. The van der Waals surface area contributed by atoms with E-state index in [0.717, 1.165) is 19.4 Å². The fourth-order valence-corrected chi connectivity index (χ4v) is 3.20. The predicted octanol–water partition coefficient (Wildman–Crippen LogP) is 4.86. The molecule has 4 nitrogen and oxygen atoms in total. The third-order valence-corrected chi connectivity index (χ3v) is 4.71. The van der Waals surface area contributed by atoms with Gasteiger partial charge in [-0.05, 0) is 49.1 Å². The highest BCUT2D eigenvalue weighted by Crippen LogP contribution is 2.19. The smallest absolute Gasteiger partial charge is 0.321 e. The summed E-state index contributed by atoms with van der Waals surface area (Å²) in [7, 11) is 0. The average molecular weight is 359 g/mol. The number of urea groups is 1. The Labute approximate surface area is 153 Å². The van der Waals surface area contributed by atoms with E-state index in [-0.39, 0.29) is 12.1 Å². The summed E-state index contributed by atoms with van der Waals surface area (Å²) in [5.74, 6) is 0. The van der Waals surface area contributed by atoms with Crippen LogP contribution in [0.4, 0.5) is 10.5 Å². The third kappa shape index (κ3) is 4.97. The average Bonchev–Trinajstić information content (AvgIpc) is 2.61. The predicted molar refractivity (Wildman–Crippen MR) is 101 cm³/mol. The molecule has 0 radical (unpaired) electrons. The minimum Gasteiger partial charge on any atom is -0.372 e. The molecule has 3 rings (SSSR count). The number of nitrogens with one attached hydrogen (secondary N) is 1. The molecule has 1 N–H and O–H groups in total. The molecule has 0 aromatic heterocycles. The lowest BCUT2D eigenvalue weighted by Gasteiger charge is -2.32. The third-order valence-electron chi connectivity index (χ3n) is 4.48. The van der Waals surface area contributed by atoms with Crippen molar-refractivity contribution >= 4 is 23.3 Å². The van der Waals surface area contributed by atoms with Gasteiger partial charge in [-0.3, -0.25) is 0 Å². The second kappa shape index (κ2) is 8.37. The second-order valence-corrected chi connectivity index (χ2v) is 6.82. The summed E-state index contributed by atoms with van der Waals surface area (Å²) in [6.45, 7) is 4.03. The molecule has 1 saturated heterocycles. The summed E-state index contributed by atoms with van der Waals surface area (Å²) in [6.07, 6.45) is 1.99. The first kappa shape index (κ1) is 17.8. The Balaban J connectivity index is 1.53. The number of carbonyl (C=O) groups is 1. The number of amides is 2. The van der Waals surface area contributed by atoms with E-state index >= 15 is 0 Å². The van der Waals surface area contributed by atoms with Gasteiger partial charge in [-0.25, -0.2) is 4.79 Å².